The van der Waals surface area contributed by atoms with Gasteiger partial charge in [-0.15, -0.1) is 11.8 Å². The molecule has 2 aliphatic heterocycles. The SMILES string of the molecule is CC1SC(C)(C)C(C(=O)NC(Cc2cnc[nH]2)C(=O)N2CCCC2C(N)=O)NC1=O. The molecule has 164 valence electrons. The van der Waals surface area contributed by atoms with Gasteiger partial charge in [0.05, 0.1) is 11.6 Å². The average molecular weight is 437 g/mol. The Balaban J connectivity index is 1.80. The lowest BCUT2D eigenvalue weighted by Gasteiger charge is -2.40. The minimum Gasteiger partial charge on any atom is -0.368 e. The van der Waals surface area contributed by atoms with Crippen LogP contribution in [0, 0.1) is 0 Å². The van der Waals surface area contributed by atoms with Crippen LogP contribution in [-0.4, -0.2) is 73.2 Å². The molecule has 4 atom stereocenters. The van der Waals surface area contributed by atoms with Gasteiger partial charge in [0, 0.05) is 29.6 Å². The van der Waals surface area contributed by atoms with Gasteiger partial charge in [-0.3, -0.25) is 19.2 Å². The number of H-pyrrole nitrogens is 1. The Morgan fingerprint density at radius 1 is 1.43 bits per heavy atom. The van der Waals surface area contributed by atoms with Gasteiger partial charge in [0.1, 0.15) is 18.1 Å². The number of aromatic amines is 1. The summed E-state index contributed by atoms with van der Waals surface area (Å²) in [6, 6.07) is -2.40. The molecule has 2 aliphatic rings. The lowest BCUT2D eigenvalue weighted by Crippen LogP contribution is -2.64. The molecule has 0 bridgehead atoms. The summed E-state index contributed by atoms with van der Waals surface area (Å²) in [6.45, 7) is 5.96. The van der Waals surface area contributed by atoms with Crippen LogP contribution in [0.2, 0.25) is 0 Å². The summed E-state index contributed by atoms with van der Waals surface area (Å²) in [4.78, 5) is 58.6. The van der Waals surface area contributed by atoms with Crippen molar-refractivity contribution in [3.05, 3.63) is 18.2 Å². The number of nitrogens with zero attached hydrogens (tertiary/aromatic N) is 2. The third-order valence-electron chi connectivity index (χ3n) is 5.55. The van der Waals surface area contributed by atoms with Crippen LogP contribution in [0.25, 0.3) is 0 Å². The van der Waals surface area contributed by atoms with E-state index in [1.165, 1.54) is 23.0 Å². The molecule has 4 unspecified atom stereocenters. The predicted octanol–water partition coefficient (Wildman–Crippen LogP) is -0.688. The number of primary amides is 1. The Kier molecular flexibility index (Phi) is 6.39. The van der Waals surface area contributed by atoms with Gasteiger partial charge in [0.25, 0.3) is 0 Å². The fourth-order valence-electron chi connectivity index (χ4n) is 3.99. The van der Waals surface area contributed by atoms with E-state index in [-0.39, 0.29) is 23.5 Å². The highest BCUT2D eigenvalue weighted by atomic mass is 32.2. The Morgan fingerprint density at radius 2 is 2.17 bits per heavy atom. The van der Waals surface area contributed by atoms with E-state index in [0.717, 1.165) is 0 Å². The van der Waals surface area contributed by atoms with Crippen molar-refractivity contribution < 1.29 is 19.2 Å². The zero-order chi connectivity index (χ0) is 22.1. The highest BCUT2D eigenvalue weighted by molar-refractivity contribution is 8.02. The summed E-state index contributed by atoms with van der Waals surface area (Å²) in [6.07, 6.45) is 4.42. The molecule has 0 spiro atoms. The molecular formula is C19H28N6O4S. The molecule has 1 aromatic heterocycles. The van der Waals surface area contributed by atoms with Gasteiger partial charge in [-0.2, -0.15) is 0 Å². The molecule has 10 nitrogen and oxygen atoms in total. The predicted molar refractivity (Wildman–Crippen MR) is 111 cm³/mol. The third kappa shape index (κ3) is 4.61. The lowest BCUT2D eigenvalue weighted by atomic mass is 10.00. The number of nitrogens with one attached hydrogen (secondary N) is 3. The topological polar surface area (TPSA) is 150 Å². The lowest BCUT2D eigenvalue weighted by molar-refractivity contribution is -0.141. The van der Waals surface area contributed by atoms with Crippen LogP contribution in [0.4, 0.5) is 0 Å². The van der Waals surface area contributed by atoms with Gasteiger partial charge in [-0.1, -0.05) is 0 Å². The van der Waals surface area contributed by atoms with E-state index >= 15 is 0 Å². The first kappa shape index (κ1) is 22.1. The minimum atomic E-state index is -0.921. The first-order valence-electron chi connectivity index (χ1n) is 9.95. The number of likely N-dealkylation sites (tertiary alicyclic amines) is 1. The van der Waals surface area contributed by atoms with E-state index in [2.05, 4.69) is 20.6 Å². The van der Waals surface area contributed by atoms with Crippen LogP contribution in [0.15, 0.2) is 12.5 Å². The largest absolute Gasteiger partial charge is 0.368 e. The molecule has 0 aromatic carbocycles. The van der Waals surface area contributed by atoms with Crippen LogP contribution in [0.1, 0.15) is 39.3 Å². The number of rotatable bonds is 6. The van der Waals surface area contributed by atoms with E-state index in [4.69, 9.17) is 5.73 Å². The van der Waals surface area contributed by atoms with E-state index in [1.807, 2.05) is 13.8 Å². The molecule has 3 heterocycles. The maximum atomic E-state index is 13.3. The number of hydrogen-bond donors (Lipinski definition) is 4. The highest BCUT2D eigenvalue weighted by Crippen LogP contribution is 2.36. The summed E-state index contributed by atoms with van der Waals surface area (Å²) in [5, 5.41) is 5.29. The van der Waals surface area contributed by atoms with Gasteiger partial charge in [-0.05, 0) is 33.6 Å². The molecule has 2 saturated heterocycles. The molecule has 5 N–H and O–H groups in total. The Morgan fingerprint density at radius 3 is 2.80 bits per heavy atom. The third-order valence-corrected chi connectivity index (χ3v) is 6.96. The Labute approximate surface area is 179 Å². The van der Waals surface area contributed by atoms with Crippen molar-refractivity contribution in [2.45, 2.75) is 68.2 Å². The van der Waals surface area contributed by atoms with Crippen molar-refractivity contribution in [1.82, 2.24) is 25.5 Å². The molecule has 11 heteroatoms. The standard InChI is InChI=1S/C19H28N6O4S/c1-10-16(27)24-14(19(2,3)30-10)17(28)23-12(7-11-8-21-9-22-11)18(29)25-6-4-5-13(25)15(20)26/h8-10,12-14H,4-7H2,1-3H3,(H2,20,26)(H,21,22)(H,23,28)(H,24,27). The smallest absolute Gasteiger partial charge is 0.246 e. The monoisotopic (exact) mass is 436 g/mol. The quantitative estimate of drug-likeness (QED) is 0.464. The van der Waals surface area contributed by atoms with Crippen LogP contribution in [0.3, 0.4) is 0 Å². The van der Waals surface area contributed by atoms with Crippen molar-refractivity contribution in [1.29, 1.82) is 0 Å². The summed E-state index contributed by atoms with van der Waals surface area (Å²) in [7, 11) is 0. The van der Waals surface area contributed by atoms with Crippen molar-refractivity contribution in [3.63, 3.8) is 0 Å². The molecule has 2 fully saturated rings. The molecule has 0 saturated carbocycles. The number of thioether (sulfide) groups is 1. The zero-order valence-electron chi connectivity index (χ0n) is 17.3. The van der Waals surface area contributed by atoms with Gasteiger partial charge in [0.2, 0.25) is 23.6 Å². The van der Waals surface area contributed by atoms with Crippen LogP contribution in [0.5, 0.6) is 0 Å². The van der Waals surface area contributed by atoms with Gasteiger partial charge in [-0.25, -0.2) is 4.98 Å². The van der Waals surface area contributed by atoms with E-state index < -0.39 is 34.7 Å². The Bertz CT molecular complexity index is 827. The Hall–Kier alpha value is -2.56. The molecule has 30 heavy (non-hydrogen) atoms. The molecule has 3 rings (SSSR count). The maximum Gasteiger partial charge on any atom is 0.246 e. The first-order valence-corrected chi connectivity index (χ1v) is 10.8. The van der Waals surface area contributed by atoms with Crippen molar-refractivity contribution >= 4 is 35.4 Å². The summed E-state index contributed by atoms with van der Waals surface area (Å²) in [5.41, 5.74) is 6.12. The molecule has 1 aromatic rings. The summed E-state index contributed by atoms with van der Waals surface area (Å²) < 4.78 is -0.553. The zero-order valence-corrected chi connectivity index (χ0v) is 18.1. The fraction of sp³-hybridized carbons (Fsp3) is 0.632. The van der Waals surface area contributed by atoms with E-state index in [0.29, 0.717) is 25.1 Å². The fourth-order valence-corrected chi connectivity index (χ4v) is 5.38. The second kappa shape index (κ2) is 8.66. The van der Waals surface area contributed by atoms with Crippen LogP contribution >= 0.6 is 11.8 Å². The van der Waals surface area contributed by atoms with Crippen LogP contribution in [-0.2, 0) is 25.6 Å². The van der Waals surface area contributed by atoms with Gasteiger partial charge >= 0.3 is 0 Å². The highest BCUT2D eigenvalue weighted by Gasteiger charge is 2.45. The average Bonchev–Trinajstić information content (AvgIpc) is 3.34. The maximum absolute atomic E-state index is 13.3. The molecule has 0 aliphatic carbocycles. The summed E-state index contributed by atoms with van der Waals surface area (Å²) in [5.74, 6) is -1.59. The molecular weight excluding hydrogens is 408 g/mol. The van der Waals surface area contributed by atoms with Crippen molar-refractivity contribution in [3.8, 4) is 0 Å². The van der Waals surface area contributed by atoms with E-state index in [1.54, 1.807) is 13.1 Å². The number of hydrogen-bond acceptors (Lipinski definition) is 6. The normalized spacial score (nSPS) is 26.7. The number of carbonyl (C=O) groups is 4. The minimum absolute atomic E-state index is 0.178. The molecule has 0 radical (unpaired) electrons. The second-order valence-electron chi connectivity index (χ2n) is 8.24. The number of amides is 4. The number of imidazole rings is 1. The van der Waals surface area contributed by atoms with Crippen LogP contribution < -0.4 is 16.4 Å². The first-order chi connectivity index (χ1) is 14.1. The second-order valence-corrected chi connectivity index (χ2v) is 10.2. The van der Waals surface area contributed by atoms with Gasteiger partial charge in [0.15, 0.2) is 0 Å². The number of aromatic nitrogens is 2. The number of nitrogens with two attached hydrogens (primary N) is 1. The summed E-state index contributed by atoms with van der Waals surface area (Å²) >= 11 is 1.41. The van der Waals surface area contributed by atoms with Gasteiger partial charge < -0.3 is 26.3 Å². The molecule has 4 amide bonds. The van der Waals surface area contributed by atoms with Crippen molar-refractivity contribution in [2.75, 3.05) is 6.54 Å². The van der Waals surface area contributed by atoms with E-state index in [9.17, 15) is 19.2 Å². The number of carbonyl (C=O) groups excluding carboxylic acids is 4. The van der Waals surface area contributed by atoms with Crippen molar-refractivity contribution in [2.24, 2.45) is 5.73 Å².